The average molecular weight is 354 g/mol. The average Bonchev–Trinajstić information content (AvgIpc) is 2.56. The highest BCUT2D eigenvalue weighted by atomic mass is 32.1. The van der Waals surface area contributed by atoms with Crippen molar-refractivity contribution in [1.29, 1.82) is 0 Å². The van der Waals surface area contributed by atoms with Gasteiger partial charge in [0.1, 0.15) is 0 Å². The van der Waals surface area contributed by atoms with Crippen LogP contribution in [0.5, 0.6) is 0 Å². The summed E-state index contributed by atoms with van der Waals surface area (Å²) in [5.41, 5.74) is 0. The molecule has 0 amide bonds. The maximum Gasteiger partial charge on any atom is 0.0584 e. The molecule has 0 aromatic carbocycles. The molecule has 0 saturated carbocycles. The standard InChI is InChI=1S/C22H43NS/c1-22(2)19-17-15-13-11-9-7-5-3-4-6-8-10-12-14-16-18-20-23-21-24/h22H,3-20H2,1-2H3. The summed E-state index contributed by atoms with van der Waals surface area (Å²) in [5.74, 6) is 0.889. The van der Waals surface area contributed by atoms with E-state index in [2.05, 4.69) is 36.2 Å². The van der Waals surface area contributed by atoms with Crippen molar-refractivity contribution in [3.8, 4) is 0 Å². The van der Waals surface area contributed by atoms with E-state index in [1.165, 1.54) is 109 Å². The Morgan fingerprint density at radius 1 is 0.583 bits per heavy atom. The Morgan fingerprint density at radius 3 is 1.25 bits per heavy atom. The summed E-state index contributed by atoms with van der Waals surface area (Å²) in [6.45, 7) is 5.54. The van der Waals surface area contributed by atoms with Gasteiger partial charge in [-0.25, -0.2) is 4.99 Å². The molecule has 0 fully saturated rings. The summed E-state index contributed by atoms with van der Waals surface area (Å²) >= 11 is 4.56. The van der Waals surface area contributed by atoms with E-state index < -0.39 is 0 Å². The molecule has 142 valence electrons. The van der Waals surface area contributed by atoms with Gasteiger partial charge in [0.15, 0.2) is 0 Å². The molecule has 0 unspecified atom stereocenters. The lowest BCUT2D eigenvalue weighted by molar-refractivity contribution is 0.501. The largest absolute Gasteiger partial charge is 0.233 e. The summed E-state index contributed by atoms with van der Waals surface area (Å²) in [6.07, 6.45) is 24.1. The Kier molecular flexibility index (Phi) is 20.7. The third-order valence-electron chi connectivity index (χ3n) is 4.87. The quantitative estimate of drug-likeness (QED) is 0.129. The Morgan fingerprint density at radius 2 is 0.917 bits per heavy atom. The van der Waals surface area contributed by atoms with Crippen LogP contribution in [-0.2, 0) is 0 Å². The second-order valence-electron chi connectivity index (χ2n) is 7.81. The maximum absolute atomic E-state index is 4.56. The van der Waals surface area contributed by atoms with Gasteiger partial charge >= 0.3 is 0 Å². The van der Waals surface area contributed by atoms with Gasteiger partial charge in [-0.1, -0.05) is 117 Å². The van der Waals surface area contributed by atoms with Crippen LogP contribution in [-0.4, -0.2) is 11.7 Å². The van der Waals surface area contributed by atoms with Crippen molar-refractivity contribution in [3.05, 3.63) is 0 Å². The zero-order valence-electron chi connectivity index (χ0n) is 16.7. The molecule has 0 aliphatic rings. The molecule has 0 radical (unpaired) electrons. The van der Waals surface area contributed by atoms with E-state index in [-0.39, 0.29) is 0 Å². The highest BCUT2D eigenvalue weighted by Gasteiger charge is 1.96. The van der Waals surface area contributed by atoms with Crippen LogP contribution in [0.25, 0.3) is 0 Å². The first-order valence-electron chi connectivity index (χ1n) is 10.8. The molecular formula is C22H43NS. The molecule has 2 heteroatoms. The fourth-order valence-electron chi connectivity index (χ4n) is 3.26. The van der Waals surface area contributed by atoms with Gasteiger partial charge in [-0.15, -0.1) is 0 Å². The van der Waals surface area contributed by atoms with Gasteiger partial charge in [0.05, 0.1) is 5.16 Å². The molecule has 0 saturated heterocycles. The third-order valence-corrected chi connectivity index (χ3v) is 5.00. The normalized spacial score (nSPS) is 11.0. The fourth-order valence-corrected chi connectivity index (χ4v) is 3.36. The predicted molar refractivity (Wildman–Crippen MR) is 113 cm³/mol. The second-order valence-corrected chi connectivity index (χ2v) is 7.99. The van der Waals surface area contributed by atoms with Crippen molar-refractivity contribution in [3.63, 3.8) is 0 Å². The predicted octanol–water partition coefficient (Wildman–Crippen LogP) is 8.38. The van der Waals surface area contributed by atoms with E-state index in [0.717, 1.165) is 12.5 Å². The molecule has 24 heavy (non-hydrogen) atoms. The van der Waals surface area contributed by atoms with Gasteiger partial charge in [-0.3, -0.25) is 0 Å². The van der Waals surface area contributed by atoms with Crippen LogP contribution >= 0.6 is 12.2 Å². The van der Waals surface area contributed by atoms with Crippen LogP contribution in [0.15, 0.2) is 4.99 Å². The van der Waals surface area contributed by atoms with E-state index in [4.69, 9.17) is 0 Å². The molecule has 0 N–H and O–H groups in total. The van der Waals surface area contributed by atoms with Crippen molar-refractivity contribution in [2.24, 2.45) is 10.9 Å². The molecule has 0 rings (SSSR count). The Labute approximate surface area is 158 Å². The van der Waals surface area contributed by atoms with Crippen molar-refractivity contribution < 1.29 is 0 Å². The van der Waals surface area contributed by atoms with Crippen molar-refractivity contribution >= 4 is 17.4 Å². The van der Waals surface area contributed by atoms with E-state index in [0.29, 0.717) is 0 Å². The van der Waals surface area contributed by atoms with Crippen LogP contribution in [0.2, 0.25) is 0 Å². The van der Waals surface area contributed by atoms with Gasteiger partial charge in [0.25, 0.3) is 0 Å². The van der Waals surface area contributed by atoms with Crippen LogP contribution in [0, 0.1) is 5.92 Å². The third kappa shape index (κ3) is 21.8. The zero-order chi connectivity index (χ0) is 17.7. The van der Waals surface area contributed by atoms with Gasteiger partial charge in [-0.2, -0.15) is 0 Å². The lowest BCUT2D eigenvalue weighted by atomic mass is 10.0. The van der Waals surface area contributed by atoms with E-state index in [1.54, 1.807) is 0 Å². The van der Waals surface area contributed by atoms with Crippen molar-refractivity contribution in [2.45, 2.75) is 123 Å². The minimum atomic E-state index is 0.876. The second kappa shape index (κ2) is 20.8. The highest BCUT2D eigenvalue weighted by Crippen LogP contribution is 2.15. The molecule has 0 aliphatic carbocycles. The molecular weight excluding hydrogens is 310 g/mol. The zero-order valence-corrected chi connectivity index (χ0v) is 17.5. The van der Waals surface area contributed by atoms with E-state index >= 15 is 0 Å². The monoisotopic (exact) mass is 353 g/mol. The van der Waals surface area contributed by atoms with Gasteiger partial charge < -0.3 is 0 Å². The topological polar surface area (TPSA) is 12.4 Å². The Bertz CT molecular complexity index is 282. The molecule has 0 heterocycles. The highest BCUT2D eigenvalue weighted by molar-refractivity contribution is 7.78. The molecule has 0 aliphatic heterocycles. The van der Waals surface area contributed by atoms with Crippen molar-refractivity contribution in [1.82, 2.24) is 0 Å². The van der Waals surface area contributed by atoms with Gasteiger partial charge in [-0.05, 0) is 24.6 Å². The summed E-state index contributed by atoms with van der Waals surface area (Å²) in [4.78, 5) is 3.95. The molecule has 0 bridgehead atoms. The number of hydrogen-bond acceptors (Lipinski definition) is 2. The van der Waals surface area contributed by atoms with Crippen LogP contribution in [0.4, 0.5) is 0 Å². The number of unbranched alkanes of at least 4 members (excludes halogenated alkanes) is 15. The molecule has 0 spiro atoms. The number of thiocarbonyl (C=S) groups is 1. The summed E-state index contributed by atoms with van der Waals surface area (Å²) in [6, 6.07) is 0. The summed E-state index contributed by atoms with van der Waals surface area (Å²) < 4.78 is 0. The van der Waals surface area contributed by atoms with Crippen LogP contribution in [0.3, 0.4) is 0 Å². The molecule has 0 aromatic rings. The number of rotatable bonds is 19. The van der Waals surface area contributed by atoms with Crippen molar-refractivity contribution in [2.75, 3.05) is 6.54 Å². The first-order valence-corrected chi connectivity index (χ1v) is 11.2. The lowest BCUT2D eigenvalue weighted by Gasteiger charge is -2.05. The molecule has 1 nitrogen and oxygen atoms in total. The Hall–Kier alpha value is -0.200. The Balaban J connectivity index is 2.99. The minimum Gasteiger partial charge on any atom is -0.233 e. The fraction of sp³-hybridized carbons (Fsp3) is 0.955. The van der Waals surface area contributed by atoms with Crippen LogP contribution in [0.1, 0.15) is 123 Å². The van der Waals surface area contributed by atoms with Gasteiger partial charge in [0.2, 0.25) is 0 Å². The number of aliphatic imine (C=N–C) groups is 1. The minimum absolute atomic E-state index is 0.876. The number of hydrogen-bond donors (Lipinski definition) is 0. The SMILES string of the molecule is CC(C)CCCCCCCCCCCCCCCCCCN=C=S. The molecule has 0 atom stereocenters. The van der Waals surface area contributed by atoms with E-state index in [9.17, 15) is 0 Å². The van der Waals surface area contributed by atoms with Crippen LogP contribution < -0.4 is 0 Å². The number of isothiocyanates is 1. The summed E-state index contributed by atoms with van der Waals surface area (Å²) in [5, 5.41) is 2.43. The summed E-state index contributed by atoms with van der Waals surface area (Å²) in [7, 11) is 0. The van der Waals surface area contributed by atoms with E-state index in [1.807, 2.05) is 0 Å². The number of nitrogens with zero attached hydrogens (tertiary/aromatic N) is 1. The lowest BCUT2D eigenvalue weighted by Crippen LogP contribution is -1.87. The first-order chi connectivity index (χ1) is 11.8. The van der Waals surface area contributed by atoms with Gasteiger partial charge in [0, 0.05) is 6.54 Å². The smallest absolute Gasteiger partial charge is 0.0584 e. The maximum atomic E-state index is 4.56. The first kappa shape index (κ1) is 23.8. The molecule has 0 aromatic heterocycles.